The Bertz CT molecular complexity index is 585. The van der Waals surface area contributed by atoms with Crippen LogP contribution >= 0.6 is 0 Å². The maximum Gasteiger partial charge on any atom is 0.434 e. The van der Waals surface area contributed by atoms with Gasteiger partial charge in [0.05, 0.1) is 0 Å². The number of aryl methyl sites for hydroxylation is 1. The van der Waals surface area contributed by atoms with E-state index in [0.717, 1.165) is 19.0 Å². The number of carbonyl (C=O) groups excluding carboxylic acids is 1. The number of hydrogen-bond acceptors (Lipinski definition) is 3. The zero-order valence-corrected chi connectivity index (χ0v) is 12.9. The second-order valence-electron chi connectivity index (χ2n) is 6.40. The third-order valence-corrected chi connectivity index (χ3v) is 4.59. The molecule has 1 aromatic heterocycles. The van der Waals surface area contributed by atoms with Crippen LogP contribution in [0.1, 0.15) is 31.3 Å². The van der Waals surface area contributed by atoms with Crippen molar-refractivity contribution in [1.82, 2.24) is 14.9 Å². The molecule has 23 heavy (non-hydrogen) atoms. The van der Waals surface area contributed by atoms with Crippen molar-refractivity contribution in [3.8, 4) is 0 Å². The molecule has 0 aliphatic carbocycles. The number of alkyl halides is 3. The highest BCUT2D eigenvalue weighted by Crippen LogP contribution is 2.30. The van der Waals surface area contributed by atoms with Gasteiger partial charge in [-0.2, -0.15) is 13.2 Å². The van der Waals surface area contributed by atoms with E-state index in [2.05, 4.69) is 10.3 Å². The molecule has 0 unspecified atom stereocenters. The number of imidazole rings is 1. The van der Waals surface area contributed by atoms with Gasteiger partial charge in [-0.3, -0.25) is 4.79 Å². The number of carbonyl (C=O) groups is 1. The molecule has 5 nitrogen and oxygen atoms in total. The third kappa shape index (κ3) is 3.52. The van der Waals surface area contributed by atoms with Gasteiger partial charge in [0, 0.05) is 32.3 Å². The van der Waals surface area contributed by atoms with Crippen molar-refractivity contribution in [3.05, 3.63) is 17.7 Å². The second kappa shape index (κ2) is 6.14. The van der Waals surface area contributed by atoms with Crippen molar-refractivity contribution in [2.45, 2.75) is 45.0 Å². The van der Waals surface area contributed by atoms with E-state index in [4.69, 9.17) is 4.74 Å². The Labute approximate surface area is 132 Å². The van der Waals surface area contributed by atoms with E-state index in [1.54, 1.807) is 4.57 Å². The smallest absolute Gasteiger partial charge is 0.368 e. The summed E-state index contributed by atoms with van der Waals surface area (Å²) >= 11 is 0. The van der Waals surface area contributed by atoms with Crippen LogP contribution in [-0.4, -0.2) is 34.7 Å². The van der Waals surface area contributed by atoms with Crippen LogP contribution in [0.2, 0.25) is 0 Å². The van der Waals surface area contributed by atoms with Crippen molar-refractivity contribution >= 4 is 5.91 Å². The summed E-state index contributed by atoms with van der Waals surface area (Å²) in [6, 6.07) is 0. The van der Waals surface area contributed by atoms with Gasteiger partial charge >= 0.3 is 6.18 Å². The number of nitrogens with zero attached hydrogens (tertiary/aromatic N) is 2. The van der Waals surface area contributed by atoms with E-state index in [1.807, 2.05) is 6.92 Å². The van der Waals surface area contributed by atoms with Gasteiger partial charge in [-0.1, -0.05) is 6.92 Å². The fraction of sp³-hybridized carbons (Fsp3) is 0.733. The summed E-state index contributed by atoms with van der Waals surface area (Å²) in [6.07, 6.45) is -1.67. The second-order valence-corrected chi connectivity index (χ2v) is 6.40. The number of ether oxygens (including phenoxy) is 1. The molecule has 1 aromatic rings. The summed E-state index contributed by atoms with van der Waals surface area (Å²) in [5, 5.41) is 2.87. The van der Waals surface area contributed by atoms with Crippen molar-refractivity contribution < 1.29 is 22.7 Å². The molecule has 1 fully saturated rings. The van der Waals surface area contributed by atoms with Crippen LogP contribution in [-0.2, 0) is 28.7 Å². The Balaban J connectivity index is 1.55. The molecule has 1 saturated heterocycles. The Kier molecular flexibility index (Phi) is 4.35. The van der Waals surface area contributed by atoms with Gasteiger partial charge in [-0.15, -0.1) is 0 Å². The van der Waals surface area contributed by atoms with E-state index in [0.29, 0.717) is 31.9 Å². The van der Waals surface area contributed by atoms with Crippen molar-refractivity contribution in [3.63, 3.8) is 0 Å². The number of rotatable bonds is 3. The van der Waals surface area contributed by atoms with Crippen LogP contribution < -0.4 is 5.32 Å². The number of hydrogen-bond donors (Lipinski definition) is 1. The Morgan fingerprint density at radius 3 is 2.91 bits per heavy atom. The molecule has 3 rings (SSSR count). The standard InChI is InChI=1S/C15H20F3N3O2/c1-9-4-5-23-13(9)14(22)19-6-10-2-3-12-20-11(15(16,17)18)8-21(12)7-10/h8-10,13H,2-7H2,1H3,(H,19,22)/t9-,10-,13-/m1/s1. The minimum absolute atomic E-state index is 0.110. The number of halogens is 3. The van der Waals surface area contributed by atoms with Gasteiger partial charge in [0.25, 0.3) is 0 Å². The lowest BCUT2D eigenvalue weighted by molar-refractivity contribution is -0.141. The number of aromatic nitrogens is 2. The molecule has 1 N–H and O–H groups in total. The van der Waals surface area contributed by atoms with Crippen LogP contribution in [0.5, 0.6) is 0 Å². The van der Waals surface area contributed by atoms with E-state index < -0.39 is 18.0 Å². The van der Waals surface area contributed by atoms with Gasteiger partial charge < -0.3 is 14.6 Å². The summed E-state index contributed by atoms with van der Waals surface area (Å²) in [4.78, 5) is 15.7. The summed E-state index contributed by atoms with van der Waals surface area (Å²) < 4.78 is 45.0. The maximum atomic E-state index is 12.7. The molecule has 0 radical (unpaired) electrons. The molecule has 0 bridgehead atoms. The van der Waals surface area contributed by atoms with Crippen LogP contribution in [0.15, 0.2) is 6.20 Å². The largest absolute Gasteiger partial charge is 0.434 e. The molecule has 1 amide bonds. The molecule has 0 spiro atoms. The molecule has 3 heterocycles. The first-order valence-electron chi connectivity index (χ1n) is 7.87. The SMILES string of the molecule is C[C@@H]1CCO[C@H]1C(=O)NC[C@H]1CCc2nc(C(F)(F)F)cn2C1. The van der Waals surface area contributed by atoms with Crippen LogP contribution in [0, 0.1) is 11.8 Å². The minimum Gasteiger partial charge on any atom is -0.368 e. The normalized spacial score (nSPS) is 27.7. The lowest BCUT2D eigenvalue weighted by Gasteiger charge is -2.24. The first kappa shape index (κ1) is 16.3. The van der Waals surface area contributed by atoms with Crippen molar-refractivity contribution in [2.75, 3.05) is 13.2 Å². The van der Waals surface area contributed by atoms with Crippen LogP contribution in [0.25, 0.3) is 0 Å². The summed E-state index contributed by atoms with van der Waals surface area (Å²) in [6.45, 7) is 3.47. The molecular weight excluding hydrogens is 311 g/mol. The molecule has 0 aromatic carbocycles. The van der Waals surface area contributed by atoms with Crippen LogP contribution in [0.4, 0.5) is 13.2 Å². The third-order valence-electron chi connectivity index (χ3n) is 4.59. The number of amides is 1. The average Bonchev–Trinajstić information content (AvgIpc) is 3.09. The van der Waals surface area contributed by atoms with E-state index in [9.17, 15) is 18.0 Å². The Hall–Kier alpha value is -1.57. The van der Waals surface area contributed by atoms with Gasteiger partial charge in [0.2, 0.25) is 5.91 Å². The zero-order chi connectivity index (χ0) is 16.6. The molecular formula is C15H20F3N3O2. The molecule has 2 aliphatic heterocycles. The Morgan fingerprint density at radius 2 is 2.26 bits per heavy atom. The molecule has 8 heteroatoms. The van der Waals surface area contributed by atoms with Crippen LogP contribution in [0.3, 0.4) is 0 Å². The minimum atomic E-state index is -4.41. The summed E-state index contributed by atoms with van der Waals surface area (Å²) in [5.41, 5.74) is -0.842. The highest BCUT2D eigenvalue weighted by atomic mass is 19.4. The predicted octanol–water partition coefficient (Wildman–Crippen LogP) is 2.01. The van der Waals surface area contributed by atoms with Gasteiger partial charge in [-0.05, 0) is 24.7 Å². The van der Waals surface area contributed by atoms with E-state index in [-0.39, 0.29) is 17.7 Å². The topological polar surface area (TPSA) is 56.1 Å². The fourth-order valence-electron chi connectivity index (χ4n) is 3.19. The lowest BCUT2D eigenvalue weighted by atomic mass is 9.98. The Morgan fingerprint density at radius 1 is 1.48 bits per heavy atom. The van der Waals surface area contributed by atoms with Gasteiger partial charge in [0.1, 0.15) is 11.9 Å². The highest BCUT2D eigenvalue weighted by Gasteiger charge is 2.36. The summed E-state index contributed by atoms with van der Waals surface area (Å²) in [7, 11) is 0. The molecule has 128 valence electrons. The van der Waals surface area contributed by atoms with Gasteiger partial charge in [0.15, 0.2) is 5.69 Å². The lowest BCUT2D eigenvalue weighted by Crippen LogP contribution is -2.41. The first-order valence-corrected chi connectivity index (χ1v) is 7.87. The summed E-state index contributed by atoms with van der Waals surface area (Å²) in [5.74, 6) is 0.657. The molecule has 3 atom stereocenters. The number of fused-ring (bicyclic) bond motifs is 1. The molecule has 0 saturated carbocycles. The molecule has 2 aliphatic rings. The maximum absolute atomic E-state index is 12.7. The predicted molar refractivity (Wildman–Crippen MR) is 75.6 cm³/mol. The average molecular weight is 331 g/mol. The zero-order valence-electron chi connectivity index (χ0n) is 12.9. The van der Waals surface area contributed by atoms with E-state index >= 15 is 0 Å². The monoisotopic (exact) mass is 331 g/mol. The fourth-order valence-corrected chi connectivity index (χ4v) is 3.19. The van der Waals surface area contributed by atoms with Gasteiger partial charge in [-0.25, -0.2) is 4.98 Å². The van der Waals surface area contributed by atoms with Crippen molar-refractivity contribution in [1.29, 1.82) is 0 Å². The number of nitrogens with one attached hydrogen (secondary N) is 1. The van der Waals surface area contributed by atoms with Crippen molar-refractivity contribution in [2.24, 2.45) is 11.8 Å². The first-order chi connectivity index (χ1) is 10.8. The quantitative estimate of drug-likeness (QED) is 0.922. The van der Waals surface area contributed by atoms with E-state index in [1.165, 1.54) is 0 Å². The highest BCUT2D eigenvalue weighted by molar-refractivity contribution is 5.81.